The summed E-state index contributed by atoms with van der Waals surface area (Å²) in [7, 11) is 1.91. The Morgan fingerprint density at radius 2 is 2.31 bits per heavy atom. The molecule has 0 saturated carbocycles. The van der Waals surface area contributed by atoms with Gasteiger partial charge < -0.3 is 5.11 Å². The topological polar surface area (TPSA) is 41.3 Å². The van der Waals surface area contributed by atoms with E-state index in [1.54, 1.807) is 0 Å². The lowest BCUT2D eigenvalue weighted by Gasteiger charge is -2.22. The highest BCUT2D eigenvalue weighted by molar-refractivity contribution is 6.31. The van der Waals surface area contributed by atoms with Gasteiger partial charge in [0.1, 0.15) is 0 Å². The van der Waals surface area contributed by atoms with Crippen LogP contribution in [0.25, 0.3) is 0 Å². The Morgan fingerprint density at radius 1 is 1.56 bits per heavy atom. The molecule has 1 N–H and O–H groups in total. The molecule has 16 heavy (non-hydrogen) atoms. The van der Waals surface area contributed by atoms with Crippen molar-refractivity contribution >= 4 is 11.6 Å². The fourth-order valence-electron chi connectivity index (χ4n) is 2.35. The highest BCUT2D eigenvalue weighted by atomic mass is 35.5. The molecule has 1 unspecified atom stereocenters. The molecular formula is C11H18ClN3O. The molecular weight excluding hydrogens is 226 g/mol. The fraction of sp³-hybridized carbons (Fsp3) is 0.727. The Kier molecular flexibility index (Phi) is 3.52. The van der Waals surface area contributed by atoms with E-state index >= 15 is 0 Å². The first-order valence-electron chi connectivity index (χ1n) is 5.66. The van der Waals surface area contributed by atoms with Crippen LogP contribution in [0.5, 0.6) is 0 Å². The fourth-order valence-corrected chi connectivity index (χ4v) is 2.57. The number of nitrogens with zero attached hydrogens (tertiary/aromatic N) is 3. The Labute approximate surface area is 101 Å². The third-order valence-corrected chi connectivity index (χ3v) is 3.82. The van der Waals surface area contributed by atoms with E-state index in [4.69, 9.17) is 11.6 Å². The van der Waals surface area contributed by atoms with Gasteiger partial charge in [0.05, 0.1) is 23.0 Å². The molecule has 0 spiro atoms. The van der Waals surface area contributed by atoms with Gasteiger partial charge in [-0.1, -0.05) is 11.6 Å². The molecule has 2 rings (SSSR count). The molecule has 0 bridgehead atoms. The van der Waals surface area contributed by atoms with Crippen molar-refractivity contribution < 1.29 is 5.11 Å². The van der Waals surface area contributed by atoms with Gasteiger partial charge in [0.15, 0.2) is 0 Å². The van der Waals surface area contributed by atoms with E-state index in [-0.39, 0.29) is 12.6 Å². The molecule has 1 aromatic rings. The molecule has 0 aliphatic carbocycles. The Balaban J connectivity index is 2.14. The van der Waals surface area contributed by atoms with Crippen LogP contribution in [0.3, 0.4) is 0 Å². The third kappa shape index (κ3) is 2.10. The number of aliphatic hydroxyl groups is 1. The first kappa shape index (κ1) is 11.9. The molecule has 4 nitrogen and oxygen atoms in total. The number of hydrogen-bond donors (Lipinski definition) is 1. The number of hydrogen-bond acceptors (Lipinski definition) is 3. The van der Waals surface area contributed by atoms with Gasteiger partial charge in [0.25, 0.3) is 0 Å². The minimum absolute atomic E-state index is 0.231. The summed E-state index contributed by atoms with van der Waals surface area (Å²) in [6, 6.07) is 0.284. The molecule has 0 radical (unpaired) electrons. The minimum Gasteiger partial charge on any atom is -0.395 e. The molecule has 0 aromatic carbocycles. The number of likely N-dealkylation sites (tertiary alicyclic amines) is 1. The average molecular weight is 244 g/mol. The van der Waals surface area contributed by atoms with Crippen LogP contribution in [0.4, 0.5) is 0 Å². The zero-order valence-corrected chi connectivity index (χ0v) is 10.5. The van der Waals surface area contributed by atoms with Gasteiger partial charge in [-0.3, -0.25) is 9.58 Å². The SMILES string of the molecule is Cc1nn(C)c(CN2CCCC2CO)c1Cl. The predicted octanol–water partition coefficient (Wildman–Crippen LogP) is 1.34. The molecule has 1 aliphatic rings. The van der Waals surface area contributed by atoms with Crippen molar-refractivity contribution in [3.05, 3.63) is 16.4 Å². The van der Waals surface area contributed by atoms with Gasteiger partial charge in [-0.05, 0) is 26.3 Å². The van der Waals surface area contributed by atoms with Crippen LogP contribution < -0.4 is 0 Å². The number of aromatic nitrogens is 2. The molecule has 2 heterocycles. The van der Waals surface area contributed by atoms with E-state index in [0.29, 0.717) is 0 Å². The molecule has 1 aromatic heterocycles. The average Bonchev–Trinajstić information content (AvgIpc) is 2.79. The van der Waals surface area contributed by atoms with E-state index in [1.807, 2.05) is 18.7 Å². The van der Waals surface area contributed by atoms with Crippen molar-refractivity contribution in [2.75, 3.05) is 13.2 Å². The van der Waals surface area contributed by atoms with E-state index in [0.717, 1.165) is 42.3 Å². The molecule has 1 fully saturated rings. The molecule has 5 heteroatoms. The van der Waals surface area contributed by atoms with Gasteiger partial charge in [-0.15, -0.1) is 0 Å². The monoisotopic (exact) mass is 243 g/mol. The number of aryl methyl sites for hydroxylation is 2. The molecule has 0 amide bonds. The van der Waals surface area contributed by atoms with E-state index in [9.17, 15) is 5.11 Å². The first-order valence-corrected chi connectivity index (χ1v) is 6.04. The number of halogens is 1. The summed E-state index contributed by atoms with van der Waals surface area (Å²) in [5, 5.41) is 14.3. The van der Waals surface area contributed by atoms with E-state index < -0.39 is 0 Å². The van der Waals surface area contributed by atoms with Crippen molar-refractivity contribution in [2.24, 2.45) is 7.05 Å². The van der Waals surface area contributed by atoms with Gasteiger partial charge in [0.2, 0.25) is 0 Å². The second-order valence-corrected chi connectivity index (χ2v) is 4.80. The maximum absolute atomic E-state index is 9.26. The first-order chi connectivity index (χ1) is 7.63. The largest absolute Gasteiger partial charge is 0.395 e. The zero-order valence-electron chi connectivity index (χ0n) is 9.78. The molecule has 1 aliphatic heterocycles. The standard InChI is InChI=1S/C11H18ClN3O/c1-8-11(12)10(14(2)13-8)6-15-5-3-4-9(15)7-16/h9,16H,3-7H2,1-2H3. The summed E-state index contributed by atoms with van der Waals surface area (Å²) in [6.07, 6.45) is 2.23. The lowest BCUT2D eigenvalue weighted by atomic mass is 10.2. The van der Waals surface area contributed by atoms with Crippen molar-refractivity contribution in [1.29, 1.82) is 0 Å². The van der Waals surface area contributed by atoms with Crippen LogP contribution in [0, 0.1) is 6.92 Å². The molecule has 90 valence electrons. The summed E-state index contributed by atoms with van der Waals surface area (Å²) < 4.78 is 1.84. The van der Waals surface area contributed by atoms with Crippen LogP contribution in [-0.2, 0) is 13.6 Å². The number of aliphatic hydroxyl groups excluding tert-OH is 1. The van der Waals surface area contributed by atoms with Gasteiger partial charge in [-0.25, -0.2) is 0 Å². The summed E-state index contributed by atoms with van der Waals surface area (Å²) in [4.78, 5) is 2.28. The second kappa shape index (κ2) is 4.73. The highest BCUT2D eigenvalue weighted by Crippen LogP contribution is 2.25. The van der Waals surface area contributed by atoms with Gasteiger partial charge in [-0.2, -0.15) is 5.10 Å². The normalized spacial score (nSPS) is 21.9. The maximum Gasteiger partial charge on any atom is 0.0860 e. The summed E-state index contributed by atoms with van der Waals surface area (Å²) in [6.45, 7) is 3.96. The third-order valence-electron chi connectivity index (χ3n) is 3.32. The summed E-state index contributed by atoms with van der Waals surface area (Å²) in [5.74, 6) is 0. The Hall–Kier alpha value is -0.580. The molecule has 1 saturated heterocycles. The maximum atomic E-state index is 9.26. The van der Waals surface area contributed by atoms with Crippen molar-refractivity contribution in [1.82, 2.24) is 14.7 Å². The highest BCUT2D eigenvalue weighted by Gasteiger charge is 2.25. The van der Waals surface area contributed by atoms with Gasteiger partial charge >= 0.3 is 0 Å². The van der Waals surface area contributed by atoms with Crippen LogP contribution in [0.1, 0.15) is 24.2 Å². The second-order valence-electron chi connectivity index (χ2n) is 4.42. The lowest BCUT2D eigenvalue weighted by Crippen LogP contribution is -2.32. The van der Waals surface area contributed by atoms with Crippen molar-refractivity contribution in [3.8, 4) is 0 Å². The van der Waals surface area contributed by atoms with Gasteiger partial charge in [0, 0.05) is 19.6 Å². The van der Waals surface area contributed by atoms with Crippen LogP contribution in [0.2, 0.25) is 5.02 Å². The van der Waals surface area contributed by atoms with Crippen LogP contribution >= 0.6 is 11.6 Å². The zero-order chi connectivity index (χ0) is 11.7. The Morgan fingerprint density at radius 3 is 2.88 bits per heavy atom. The van der Waals surface area contributed by atoms with Crippen LogP contribution in [-0.4, -0.2) is 39.0 Å². The smallest absolute Gasteiger partial charge is 0.0860 e. The Bertz CT molecular complexity index is 378. The lowest BCUT2D eigenvalue weighted by molar-refractivity contribution is 0.151. The summed E-state index contributed by atoms with van der Waals surface area (Å²) in [5.41, 5.74) is 1.92. The van der Waals surface area contributed by atoms with E-state index in [2.05, 4.69) is 10.00 Å². The van der Waals surface area contributed by atoms with Crippen LogP contribution in [0.15, 0.2) is 0 Å². The quantitative estimate of drug-likeness (QED) is 0.871. The number of rotatable bonds is 3. The van der Waals surface area contributed by atoms with E-state index in [1.165, 1.54) is 0 Å². The predicted molar refractivity (Wildman–Crippen MR) is 63.5 cm³/mol. The van der Waals surface area contributed by atoms with Crippen molar-refractivity contribution in [3.63, 3.8) is 0 Å². The van der Waals surface area contributed by atoms with Crippen molar-refractivity contribution in [2.45, 2.75) is 32.4 Å². The molecule has 1 atom stereocenters. The summed E-state index contributed by atoms with van der Waals surface area (Å²) >= 11 is 6.21. The minimum atomic E-state index is 0.231.